The second-order valence-electron chi connectivity index (χ2n) is 7.23. The highest BCUT2D eigenvalue weighted by Crippen LogP contribution is 2.21. The Morgan fingerprint density at radius 2 is 1.90 bits per heavy atom. The van der Waals surface area contributed by atoms with Crippen LogP contribution < -0.4 is 20.3 Å². The van der Waals surface area contributed by atoms with Crippen molar-refractivity contribution < 1.29 is 14.3 Å². The Morgan fingerprint density at radius 1 is 1.10 bits per heavy atom. The van der Waals surface area contributed by atoms with Crippen molar-refractivity contribution in [3.8, 4) is 11.6 Å². The van der Waals surface area contributed by atoms with Crippen LogP contribution in [0.4, 0.5) is 16.3 Å². The third-order valence-electron chi connectivity index (χ3n) is 4.84. The Hall–Kier alpha value is -3.65. The molecule has 0 saturated carbocycles. The average Bonchev–Trinajstić information content (AvgIpc) is 2.81. The summed E-state index contributed by atoms with van der Waals surface area (Å²) in [5.41, 5.74) is 2.72. The van der Waals surface area contributed by atoms with E-state index in [0.717, 1.165) is 30.0 Å². The first-order valence-electron chi connectivity index (χ1n) is 10.2. The van der Waals surface area contributed by atoms with Gasteiger partial charge in [0.2, 0.25) is 5.88 Å². The molecule has 0 spiro atoms. The fourth-order valence-electron chi connectivity index (χ4n) is 3.14. The van der Waals surface area contributed by atoms with Crippen LogP contribution in [0.5, 0.6) is 11.6 Å². The van der Waals surface area contributed by atoms with Crippen molar-refractivity contribution in [2.75, 3.05) is 36.5 Å². The standard InChI is InChI=1S/C23H25N5O3/c1-17-2-5-20(6-3-17)31-22-7-4-19(16-25-22)27-23(29)26-15-18-8-9-24-21(14-18)28-10-12-30-13-11-28/h2-9,14,16H,10-13,15H2,1H3,(H2,26,27,29). The average molecular weight is 419 g/mol. The molecule has 0 radical (unpaired) electrons. The summed E-state index contributed by atoms with van der Waals surface area (Å²) in [6.07, 6.45) is 3.32. The molecule has 8 heteroatoms. The summed E-state index contributed by atoms with van der Waals surface area (Å²) >= 11 is 0. The molecule has 2 aromatic heterocycles. The number of hydrogen-bond acceptors (Lipinski definition) is 6. The van der Waals surface area contributed by atoms with Crippen molar-refractivity contribution in [1.82, 2.24) is 15.3 Å². The Kier molecular flexibility index (Phi) is 6.59. The Morgan fingerprint density at radius 3 is 2.65 bits per heavy atom. The molecule has 0 unspecified atom stereocenters. The molecule has 1 aromatic carbocycles. The summed E-state index contributed by atoms with van der Waals surface area (Å²) in [7, 11) is 0. The normalized spacial score (nSPS) is 13.5. The number of hydrogen-bond donors (Lipinski definition) is 2. The number of morpholine rings is 1. The quantitative estimate of drug-likeness (QED) is 0.633. The van der Waals surface area contributed by atoms with Gasteiger partial charge < -0.3 is 25.0 Å². The number of nitrogens with one attached hydrogen (secondary N) is 2. The highest BCUT2D eigenvalue weighted by Gasteiger charge is 2.12. The SMILES string of the molecule is Cc1ccc(Oc2ccc(NC(=O)NCc3ccnc(N4CCOCC4)c3)cn2)cc1. The van der Waals surface area contributed by atoms with Crippen LogP contribution >= 0.6 is 0 Å². The van der Waals surface area contributed by atoms with Gasteiger partial charge in [0.25, 0.3) is 0 Å². The van der Waals surface area contributed by atoms with Crippen LogP contribution in [0.2, 0.25) is 0 Å². The molecule has 2 N–H and O–H groups in total. The summed E-state index contributed by atoms with van der Waals surface area (Å²) < 4.78 is 11.1. The molecule has 0 bridgehead atoms. The molecule has 0 atom stereocenters. The maximum Gasteiger partial charge on any atom is 0.319 e. The number of amides is 2. The number of aryl methyl sites for hydroxylation is 1. The summed E-state index contributed by atoms with van der Waals surface area (Å²) in [5.74, 6) is 2.07. The molecule has 1 aliphatic rings. The molecule has 0 aliphatic carbocycles. The zero-order valence-electron chi connectivity index (χ0n) is 17.4. The molecular formula is C23H25N5O3. The van der Waals surface area contributed by atoms with Crippen LogP contribution in [-0.2, 0) is 11.3 Å². The molecule has 1 fully saturated rings. The van der Waals surface area contributed by atoms with E-state index in [4.69, 9.17) is 9.47 Å². The predicted octanol–water partition coefficient (Wildman–Crippen LogP) is 3.74. The van der Waals surface area contributed by atoms with Crippen molar-refractivity contribution in [2.24, 2.45) is 0 Å². The number of nitrogens with zero attached hydrogens (tertiary/aromatic N) is 3. The summed E-state index contributed by atoms with van der Waals surface area (Å²) in [4.78, 5) is 23.1. The predicted molar refractivity (Wildman–Crippen MR) is 119 cm³/mol. The van der Waals surface area contributed by atoms with Crippen LogP contribution in [0.1, 0.15) is 11.1 Å². The molecule has 4 rings (SSSR count). The molecule has 3 heterocycles. The number of pyridine rings is 2. The fraction of sp³-hybridized carbons (Fsp3) is 0.261. The second-order valence-corrected chi connectivity index (χ2v) is 7.23. The van der Waals surface area contributed by atoms with Gasteiger partial charge in [-0.05, 0) is 42.8 Å². The number of rotatable bonds is 6. The maximum absolute atomic E-state index is 12.3. The summed E-state index contributed by atoms with van der Waals surface area (Å²) in [5, 5.41) is 5.64. The zero-order valence-corrected chi connectivity index (χ0v) is 17.4. The fourth-order valence-corrected chi connectivity index (χ4v) is 3.14. The van der Waals surface area contributed by atoms with E-state index in [1.165, 1.54) is 0 Å². The number of anilines is 2. The van der Waals surface area contributed by atoms with Gasteiger partial charge in [-0.15, -0.1) is 0 Å². The Labute approximate surface area is 181 Å². The van der Waals surface area contributed by atoms with Gasteiger partial charge in [0.1, 0.15) is 11.6 Å². The lowest BCUT2D eigenvalue weighted by atomic mass is 10.2. The number of benzene rings is 1. The number of aromatic nitrogens is 2. The highest BCUT2D eigenvalue weighted by atomic mass is 16.5. The van der Waals surface area contributed by atoms with E-state index in [-0.39, 0.29) is 6.03 Å². The Balaban J connectivity index is 1.27. The third kappa shape index (κ3) is 5.93. The molecule has 1 aliphatic heterocycles. The van der Waals surface area contributed by atoms with E-state index in [1.807, 2.05) is 43.3 Å². The largest absolute Gasteiger partial charge is 0.439 e. The molecule has 8 nitrogen and oxygen atoms in total. The molecule has 3 aromatic rings. The second kappa shape index (κ2) is 9.90. The van der Waals surface area contributed by atoms with Crippen molar-refractivity contribution in [3.63, 3.8) is 0 Å². The molecule has 1 saturated heterocycles. The maximum atomic E-state index is 12.3. The van der Waals surface area contributed by atoms with Crippen molar-refractivity contribution in [3.05, 3.63) is 72.1 Å². The lowest BCUT2D eigenvalue weighted by Gasteiger charge is -2.28. The molecule has 2 amide bonds. The lowest BCUT2D eigenvalue weighted by molar-refractivity contribution is 0.122. The molecule has 31 heavy (non-hydrogen) atoms. The van der Waals surface area contributed by atoms with E-state index >= 15 is 0 Å². The zero-order chi connectivity index (χ0) is 21.5. The van der Waals surface area contributed by atoms with E-state index in [2.05, 4.69) is 25.5 Å². The van der Waals surface area contributed by atoms with Crippen molar-refractivity contribution >= 4 is 17.5 Å². The first-order valence-corrected chi connectivity index (χ1v) is 10.2. The first-order chi connectivity index (χ1) is 15.2. The van der Waals surface area contributed by atoms with E-state index in [9.17, 15) is 4.79 Å². The van der Waals surface area contributed by atoms with Gasteiger partial charge in [0, 0.05) is 31.9 Å². The van der Waals surface area contributed by atoms with Gasteiger partial charge in [-0.25, -0.2) is 14.8 Å². The summed E-state index contributed by atoms with van der Waals surface area (Å²) in [6.45, 7) is 5.46. The minimum absolute atomic E-state index is 0.307. The van der Waals surface area contributed by atoms with Crippen molar-refractivity contribution in [2.45, 2.75) is 13.5 Å². The van der Waals surface area contributed by atoms with E-state index < -0.39 is 0 Å². The van der Waals surface area contributed by atoms with Gasteiger partial charge in [0.05, 0.1) is 25.1 Å². The molecule has 160 valence electrons. The van der Waals surface area contributed by atoms with Gasteiger partial charge in [0.15, 0.2) is 0 Å². The number of ether oxygens (including phenoxy) is 2. The van der Waals surface area contributed by atoms with Crippen LogP contribution in [0.25, 0.3) is 0 Å². The van der Waals surface area contributed by atoms with Gasteiger partial charge in [-0.1, -0.05) is 17.7 Å². The minimum atomic E-state index is -0.307. The van der Waals surface area contributed by atoms with E-state index in [0.29, 0.717) is 37.1 Å². The van der Waals surface area contributed by atoms with Crippen LogP contribution in [0, 0.1) is 6.92 Å². The topological polar surface area (TPSA) is 88.6 Å². The number of carbonyl (C=O) groups excluding carboxylic acids is 1. The molecular weight excluding hydrogens is 394 g/mol. The van der Waals surface area contributed by atoms with Gasteiger partial charge >= 0.3 is 6.03 Å². The highest BCUT2D eigenvalue weighted by molar-refractivity contribution is 5.89. The van der Waals surface area contributed by atoms with Crippen LogP contribution in [-0.4, -0.2) is 42.3 Å². The number of urea groups is 1. The van der Waals surface area contributed by atoms with E-state index in [1.54, 1.807) is 24.5 Å². The number of carbonyl (C=O) groups is 1. The monoisotopic (exact) mass is 419 g/mol. The third-order valence-corrected chi connectivity index (χ3v) is 4.84. The van der Waals surface area contributed by atoms with Crippen molar-refractivity contribution in [1.29, 1.82) is 0 Å². The lowest BCUT2D eigenvalue weighted by Crippen LogP contribution is -2.36. The van der Waals surface area contributed by atoms with Crippen LogP contribution in [0.3, 0.4) is 0 Å². The van der Waals surface area contributed by atoms with Crippen LogP contribution in [0.15, 0.2) is 60.9 Å². The van der Waals surface area contributed by atoms with Gasteiger partial charge in [-0.2, -0.15) is 0 Å². The minimum Gasteiger partial charge on any atom is -0.439 e. The summed E-state index contributed by atoms with van der Waals surface area (Å²) in [6, 6.07) is 14.8. The smallest absolute Gasteiger partial charge is 0.319 e. The van der Waals surface area contributed by atoms with Gasteiger partial charge in [-0.3, -0.25) is 0 Å². The Bertz CT molecular complexity index is 1000. The first kappa shape index (κ1) is 20.6.